The van der Waals surface area contributed by atoms with Crippen LogP contribution in [0.2, 0.25) is 0 Å². The SMILES string of the molecule is CC(O)C(C)(I)I. The Morgan fingerprint density at radius 3 is 1.71 bits per heavy atom. The summed E-state index contributed by atoms with van der Waals surface area (Å²) in [5, 5.41) is 8.87. The minimum absolute atomic E-state index is 0.00444. The first kappa shape index (κ1) is 8.42. The average Bonchev–Trinajstić information content (AvgIpc) is 1.31. The normalized spacial score (nSPS) is 16.7. The van der Waals surface area contributed by atoms with Crippen molar-refractivity contribution in [1.82, 2.24) is 0 Å². The summed E-state index contributed by atoms with van der Waals surface area (Å²) < 4.78 is -0.00444. The summed E-state index contributed by atoms with van der Waals surface area (Å²) in [5.74, 6) is 0. The van der Waals surface area contributed by atoms with Crippen LogP contribution in [0.3, 0.4) is 0 Å². The van der Waals surface area contributed by atoms with E-state index in [4.69, 9.17) is 5.11 Å². The summed E-state index contributed by atoms with van der Waals surface area (Å²) in [5.41, 5.74) is 0. The molecular formula is C4H8I2O. The lowest BCUT2D eigenvalue weighted by Crippen LogP contribution is -2.21. The Hall–Kier alpha value is 1.42. The highest BCUT2D eigenvalue weighted by molar-refractivity contribution is 14.2. The molecular weight excluding hydrogens is 318 g/mol. The molecule has 0 radical (unpaired) electrons. The van der Waals surface area contributed by atoms with Crippen molar-refractivity contribution in [1.29, 1.82) is 0 Å². The van der Waals surface area contributed by atoms with Gasteiger partial charge < -0.3 is 5.11 Å². The topological polar surface area (TPSA) is 20.2 Å². The van der Waals surface area contributed by atoms with Crippen LogP contribution in [0.5, 0.6) is 0 Å². The highest BCUT2D eigenvalue weighted by Gasteiger charge is 2.20. The summed E-state index contributed by atoms with van der Waals surface area (Å²) in [4.78, 5) is 0. The number of hydrogen-bond donors (Lipinski definition) is 1. The number of halogens is 2. The maximum absolute atomic E-state index is 8.87. The molecule has 0 aromatic carbocycles. The fourth-order valence-corrected chi connectivity index (χ4v) is 0. The Kier molecular flexibility index (Phi) is 3.39. The van der Waals surface area contributed by atoms with Gasteiger partial charge in [0.25, 0.3) is 0 Å². The van der Waals surface area contributed by atoms with Crippen LogP contribution < -0.4 is 0 Å². The fraction of sp³-hybridized carbons (Fsp3) is 1.00. The quantitative estimate of drug-likeness (QED) is 0.577. The standard InChI is InChI=1S/C4H8I2O/c1-3(7)4(2,5)6/h3,7H,1-2H3. The van der Waals surface area contributed by atoms with E-state index in [0.29, 0.717) is 0 Å². The Morgan fingerprint density at radius 1 is 1.57 bits per heavy atom. The van der Waals surface area contributed by atoms with Gasteiger partial charge in [-0.15, -0.1) is 0 Å². The molecule has 0 fully saturated rings. The summed E-state index contributed by atoms with van der Waals surface area (Å²) in [6.45, 7) is 3.78. The van der Waals surface area contributed by atoms with Crippen molar-refractivity contribution in [3.05, 3.63) is 0 Å². The van der Waals surface area contributed by atoms with E-state index in [1.807, 2.05) is 6.92 Å². The minimum atomic E-state index is -0.228. The first-order valence-electron chi connectivity index (χ1n) is 2.00. The van der Waals surface area contributed by atoms with Crippen molar-refractivity contribution < 1.29 is 5.11 Å². The van der Waals surface area contributed by atoms with Gasteiger partial charge in [-0.1, -0.05) is 45.2 Å². The lowest BCUT2D eigenvalue weighted by atomic mass is 10.3. The van der Waals surface area contributed by atoms with Crippen LogP contribution in [0.4, 0.5) is 0 Å². The molecule has 0 aliphatic heterocycles. The van der Waals surface area contributed by atoms with Gasteiger partial charge >= 0.3 is 0 Å². The van der Waals surface area contributed by atoms with Crippen molar-refractivity contribution >= 4 is 45.2 Å². The minimum Gasteiger partial charge on any atom is -0.391 e. The second-order valence-electron chi connectivity index (χ2n) is 1.63. The van der Waals surface area contributed by atoms with Gasteiger partial charge in [-0.05, 0) is 13.8 Å². The van der Waals surface area contributed by atoms with Crippen LogP contribution in [0, 0.1) is 0 Å². The van der Waals surface area contributed by atoms with Crippen LogP contribution in [-0.4, -0.2) is 12.6 Å². The third-order valence-electron chi connectivity index (χ3n) is 0.734. The van der Waals surface area contributed by atoms with E-state index in [0.717, 1.165) is 0 Å². The van der Waals surface area contributed by atoms with Crippen LogP contribution in [-0.2, 0) is 0 Å². The van der Waals surface area contributed by atoms with Crippen LogP contribution in [0.15, 0.2) is 0 Å². The van der Waals surface area contributed by atoms with Crippen molar-refractivity contribution in [2.24, 2.45) is 0 Å². The predicted octanol–water partition coefficient (Wildman–Crippen LogP) is 1.95. The molecule has 0 heterocycles. The third-order valence-corrected chi connectivity index (χ3v) is 2.54. The zero-order chi connectivity index (χ0) is 6.08. The van der Waals surface area contributed by atoms with E-state index in [1.165, 1.54) is 0 Å². The Morgan fingerprint density at radius 2 is 1.71 bits per heavy atom. The molecule has 0 aliphatic rings. The van der Waals surface area contributed by atoms with E-state index in [2.05, 4.69) is 45.2 Å². The fourth-order valence-electron chi connectivity index (χ4n) is 0. The van der Waals surface area contributed by atoms with Crippen molar-refractivity contribution in [3.63, 3.8) is 0 Å². The number of rotatable bonds is 1. The van der Waals surface area contributed by atoms with Crippen LogP contribution in [0.1, 0.15) is 13.8 Å². The molecule has 0 bridgehead atoms. The van der Waals surface area contributed by atoms with E-state index < -0.39 is 0 Å². The Labute approximate surface area is 71.2 Å². The molecule has 0 saturated carbocycles. The molecule has 1 nitrogen and oxygen atoms in total. The maximum Gasteiger partial charge on any atom is 0.0961 e. The number of aliphatic hydroxyl groups excluding tert-OH is 1. The molecule has 1 unspecified atom stereocenters. The molecule has 0 spiro atoms. The second kappa shape index (κ2) is 2.82. The maximum atomic E-state index is 8.87. The van der Waals surface area contributed by atoms with Gasteiger partial charge in [-0.25, -0.2) is 0 Å². The van der Waals surface area contributed by atoms with E-state index >= 15 is 0 Å². The molecule has 0 saturated heterocycles. The van der Waals surface area contributed by atoms with Gasteiger partial charge in [-0.2, -0.15) is 0 Å². The van der Waals surface area contributed by atoms with Crippen molar-refractivity contribution in [2.45, 2.75) is 21.4 Å². The lowest BCUT2D eigenvalue weighted by molar-refractivity contribution is 0.196. The summed E-state index contributed by atoms with van der Waals surface area (Å²) in [6.07, 6.45) is -0.228. The molecule has 3 heteroatoms. The molecule has 0 aromatic rings. The summed E-state index contributed by atoms with van der Waals surface area (Å²) >= 11 is 4.41. The van der Waals surface area contributed by atoms with Crippen LogP contribution >= 0.6 is 45.2 Å². The zero-order valence-corrected chi connectivity index (χ0v) is 8.60. The first-order valence-corrected chi connectivity index (χ1v) is 4.16. The monoisotopic (exact) mass is 326 g/mol. The predicted molar refractivity (Wildman–Crippen MR) is 48.1 cm³/mol. The second-order valence-corrected chi connectivity index (χ2v) is 8.18. The zero-order valence-electron chi connectivity index (χ0n) is 4.28. The molecule has 0 rings (SSSR count). The summed E-state index contributed by atoms with van der Waals surface area (Å²) in [6, 6.07) is 0. The smallest absolute Gasteiger partial charge is 0.0961 e. The van der Waals surface area contributed by atoms with Gasteiger partial charge in [0.05, 0.1) is 7.53 Å². The van der Waals surface area contributed by atoms with Gasteiger partial charge in [0.1, 0.15) is 0 Å². The summed E-state index contributed by atoms with van der Waals surface area (Å²) in [7, 11) is 0. The van der Waals surface area contributed by atoms with Gasteiger partial charge in [0, 0.05) is 0 Å². The Bertz CT molecular complexity index is 55.2. The third kappa shape index (κ3) is 3.96. The van der Waals surface area contributed by atoms with Crippen molar-refractivity contribution in [3.8, 4) is 0 Å². The van der Waals surface area contributed by atoms with Gasteiger partial charge in [-0.3, -0.25) is 0 Å². The van der Waals surface area contributed by atoms with Gasteiger partial charge in [0.15, 0.2) is 0 Å². The van der Waals surface area contributed by atoms with E-state index in [1.54, 1.807) is 6.92 Å². The number of aliphatic hydroxyl groups is 1. The lowest BCUT2D eigenvalue weighted by Gasteiger charge is -2.16. The van der Waals surface area contributed by atoms with Crippen molar-refractivity contribution in [2.75, 3.05) is 0 Å². The number of hydrogen-bond acceptors (Lipinski definition) is 1. The van der Waals surface area contributed by atoms with E-state index in [-0.39, 0.29) is 7.53 Å². The molecule has 7 heavy (non-hydrogen) atoms. The highest BCUT2D eigenvalue weighted by Crippen LogP contribution is 2.29. The molecule has 1 atom stereocenters. The molecule has 0 aliphatic carbocycles. The number of alkyl halides is 2. The highest BCUT2D eigenvalue weighted by atomic mass is 127. The Balaban J connectivity index is 3.54. The molecule has 44 valence electrons. The largest absolute Gasteiger partial charge is 0.391 e. The average molecular weight is 326 g/mol. The molecule has 0 aromatic heterocycles. The molecule has 1 N–H and O–H groups in total. The van der Waals surface area contributed by atoms with Crippen LogP contribution in [0.25, 0.3) is 0 Å². The molecule has 0 amide bonds. The van der Waals surface area contributed by atoms with E-state index in [9.17, 15) is 0 Å². The first-order chi connectivity index (χ1) is 2.94. The van der Waals surface area contributed by atoms with Gasteiger partial charge in [0.2, 0.25) is 0 Å².